The Kier molecular flexibility index (Phi) is 5.83. The molecule has 0 spiro atoms. The molecule has 136 valence electrons. The number of carbonyl (C=O) groups excluding carboxylic acids is 2. The molecule has 0 bridgehead atoms. The lowest BCUT2D eigenvalue weighted by Crippen LogP contribution is -2.36. The lowest BCUT2D eigenvalue weighted by Gasteiger charge is -2.24. The zero-order valence-corrected chi connectivity index (χ0v) is 15.6. The van der Waals surface area contributed by atoms with Crippen molar-refractivity contribution in [3.63, 3.8) is 0 Å². The maximum atomic E-state index is 12.9. The number of para-hydroxylation sites is 1. The molecule has 0 saturated heterocycles. The van der Waals surface area contributed by atoms with E-state index in [9.17, 15) is 9.59 Å². The first-order chi connectivity index (χ1) is 12.5. The van der Waals surface area contributed by atoms with Crippen LogP contribution in [0.25, 0.3) is 0 Å². The minimum atomic E-state index is -0.379. The highest BCUT2D eigenvalue weighted by molar-refractivity contribution is 8.00. The van der Waals surface area contributed by atoms with Gasteiger partial charge in [-0.05, 0) is 37.5 Å². The van der Waals surface area contributed by atoms with Crippen LogP contribution in [-0.2, 0) is 11.3 Å². The van der Waals surface area contributed by atoms with E-state index in [2.05, 4.69) is 24.4 Å². The van der Waals surface area contributed by atoms with Gasteiger partial charge in [-0.25, -0.2) is 4.79 Å². The molecule has 0 aliphatic heterocycles. The van der Waals surface area contributed by atoms with Gasteiger partial charge in [0.25, 0.3) is 0 Å². The third kappa shape index (κ3) is 5.02. The van der Waals surface area contributed by atoms with Gasteiger partial charge in [-0.3, -0.25) is 4.79 Å². The van der Waals surface area contributed by atoms with E-state index < -0.39 is 0 Å². The number of anilines is 1. The molecule has 6 heteroatoms. The summed E-state index contributed by atoms with van der Waals surface area (Å²) in [6.07, 6.45) is 2.08. The lowest BCUT2D eigenvalue weighted by molar-refractivity contribution is -0.115. The number of hydrogen-bond acceptors (Lipinski definition) is 3. The predicted octanol–water partition coefficient (Wildman–Crippen LogP) is 3.77. The van der Waals surface area contributed by atoms with E-state index in [0.29, 0.717) is 18.3 Å². The second-order valence-corrected chi connectivity index (χ2v) is 7.55. The summed E-state index contributed by atoms with van der Waals surface area (Å²) < 4.78 is 0. The largest absolute Gasteiger partial charge is 0.369 e. The molecular formula is C20H23N3O2S. The maximum Gasteiger partial charge on any atom is 0.322 e. The summed E-state index contributed by atoms with van der Waals surface area (Å²) >= 11 is 1.33. The van der Waals surface area contributed by atoms with Gasteiger partial charge in [-0.1, -0.05) is 42.0 Å². The van der Waals surface area contributed by atoms with Crippen LogP contribution in [0.15, 0.2) is 53.4 Å². The number of rotatable bonds is 7. The van der Waals surface area contributed by atoms with Gasteiger partial charge in [0.2, 0.25) is 5.91 Å². The standard InChI is InChI=1S/C20H23N3O2S/c1-14-5-4-6-15(11-14)12-23(16-9-10-16)20(25)22-17-7-2-3-8-18(17)26-13-19(21)24/h2-8,11,16H,9-10,12-13H2,1H3,(H2,21,24)(H,22,25). The molecule has 0 unspecified atom stereocenters. The summed E-state index contributed by atoms with van der Waals surface area (Å²) in [7, 11) is 0. The van der Waals surface area contributed by atoms with Crippen molar-refractivity contribution < 1.29 is 9.59 Å². The van der Waals surface area contributed by atoms with Gasteiger partial charge in [0.1, 0.15) is 0 Å². The van der Waals surface area contributed by atoms with Crippen LogP contribution < -0.4 is 11.1 Å². The molecule has 2 aromatic carbocycles. The van der Waals surface area contributed by atoms with Crippen LogP contribution >= 0.6 is 11.8 Å². The SMILES string of the molecule is Cc1cccc(CN(C(=O)Nc2ccccc2SCC(N)=O)C2CC2)c1. The minimum absolute atomic E-state index is 0.110. The van der Waals surface area contributed by atoms with Crippen LogP contribution in [0.4, 0.5) is 10.5 Å². The minimum Gasteiger partial charge on any atom is -0.369 e. The Hall–Kier alpha value is -2.47. The highest BCUT2D eigenvalue weighted by Gasteiger charge is 2.32. The summed E-state index contributed by atoms with van der Waals surface area (Å²) in [5.41, 5.74) is 8.25. The number of nitrogens with zero attached hydrogens (tertiary/aromatic N) is 1. The first-order valence-electron chi connectivity index (χ1n) is 8.66. The number of nitrogens with one attached hydrogen (secondary N) is 1. The fourth-order valence-electron chi connectivity index (χ4n) is 2.79. The van der Waals surface area contributed by atoms with Gasteiger partial charge in [0.05, 0.1) is 11.4 Å². The predicted molar refractivity (Wildman–Crippen MR) is 105 cm³/mol. The molecule has 26 heavy (non-hydrogen) atoms. The van der Waals surface area contributed by atoms with Crippen molar-refractivity contribution in [3.8, 4) is 0 Å². The van der Waals surface area contributed by atoms with Crippen LogP contribution in [0.3, 0.4) is 0 Å². The molecule has 1 aliphatic carbocycles. The Morgan fingerprint density at radius 1 is 1.19 bits per heavy atom. The van der Waals surface area contributed by atoms with Gasteiger partial charge in [0, 0.05) is 17.5 Å². The summed E-state index contributed by atoms with van der Waals surface area (Å²) in [5.74, 6) is -0.196. The molecule has 5 nitrogen and oxygen atoms in total. The number of primary amides is 1. The highest BCUT2D eigenvalue weighted by atomic mass is 32.2. The molecule has 0 radical (unpaired) electrons. The Balaban J connectivity index is 1.72. The molecule has 0 atom stereocenters. The summed E-state index contributed by atoms with van der Waals surface area (Å²) in [6, 6.07) is 15.9. The van der Waals surface area contributed by atoms with E-state index in [4.69, 9.17) is 5.73 Å². The molecule has 3 N–H and O–H groups in total. The van der Waals surface area contributed by atoms with E-state index in [-0.39, 0.29) is 17.7 Å². The molecule has 2 aromatic rings. The molecule has 3 rings (SSSR count). The summed E-state index contributed by atoms with van der Waals surface area (Å²) in [4.78, 5) is 26.7. The van der Waals surface area contributed by atoms with Crippen molar-refractivity contribution >= 4 is 29.4 Å². The van der Waals surface area contributed by atoms with Crippen LogP contribution in [0.5, 0.6) is 0 Å². The number of aryl methyl sites for hydroxylation is 1. The van der Waals surface area contributed by atoms with E-state index in [1.807, 2.05) is 41.3 Å². The Morgan fingerprint density at radius 2 is 1.96 bits per heavy atom. The van der Waals surface area contributed by atoms with Gasteiger partial charge in [-0.2, -0.15) is 0 Å². The number of benzene rings is 2. The molecule has 1 fully saturated rings. The fraction of sp³-hybridized carbons (Fsp3) is 0.300. The molecule has 3 amide bonds. The topological polar surface area (TPSA) is 75.4 Å². The number of thioether (sulfide) groups is 1. The van der Waals surface area contributed by atoms with Crippen LogP contribution in [0.1, 0.15) is 24.0 Å². The first-order valence-corrected chi connectivity index (χ1v) is 9.65. The van der Waals surface area contributed by atoms with Gasteiger partial charge in [-0.15, -0.1) is 11.8 Å². The average Bonchev–Trinajstić information content (AvgIpc) is 3.43. The number of hydrogen-bond donors (Lipinski definition) is 2. The average molecular weight is 369 g/mol. The maximum absolute atomic E-state index is 12.9. The fourth-order valence-corrected chi connectivity index (χ4v) is 3.54. The molecule has 0 aromatic heterocycles. The quantitative estimate of drug-likeness (QED) is 0.730. The third-order valence-electron chi connectivity index (χ3n) is 4.18. The van der Waals surface area contributed by atoms with E-state index in [1.165, 1.54) is 17.3 Å². The van der Waals surface area contributed by atoms with Crippen molar-refractivity contribution in [3.05, 3.63) is 59.7 Å². The lowest BCUT2D eigenvalue weighted by atomic mass is 10.1. The van der Waals surface area contributed by atoms with Crippen molar-refractivity contribution in [2.75, 3.05) is 11.1 Å². The van der Waals surface area contributed by atoms with Crippen LogP contribution in [0, 0.1) is 6.92 Å². The number of nitrogens with two attached hydrogens (primary N) is 1. The first kappa shape index (κ1) is 18.3. The van der Waals surface area contributed by atoms with Gasteiger partial charge >= 0.3 is 6.03 Å². The van der Waals surface area contributed by atoms with Crippen LogP contribution in [-0.4, -0.2) is 28.6 Å². The van der Waals surface area contributed by atoms with Crippen molar-refractivity contribution in [1.82, 2.24) is 4.90 Å². The second-order valence-electron chi connectivity index (χ2n) is 6.53. The molecule has 1 aliphatic rings. The van der Waals surface area contributed by atoms with Crippen molar-refractivity contribution in [1.29, 1.82) is 0 Å². The third-order valence-corrected chi connectivity index (χ3v) is 5.28. The Bertz CT molecular complexity index is 805. The van der Waals surface area contributed by atoms with Gasteiger partial charge < -0.3 is 16.0 Å². The van der Waals surface area contributed by atoms with E-state index in [0.717, 1.165) is 23.3 Å². The zero-order chi connectivity index (χ0) is 18.5. The van der Waals surface area contributed by atoms with Crippen molar-refractivity contribution in [2.45, 2.75) is 37.2 Å². The second kappa shape index (κ2) is 8.27. The van der Waals surface area contributed by atoms with Crippen LogP contribution in [0.2, 0.25) is 0 Å². The monoisotopic (exact) mass is 369 g/mol. The molecule has 0 heterocycles. The molecular weight excluding hydrogens is 346 g/mol. The van der Waals surface area contributed by atoms with Crippen molar-refractivity contribution in [2.24, 2.45) is 5.73 Å². The number of urea groups is 1. The van der Waals surface area contributed by atoms with E-state index in [1.54, 1.807) is 0 Å². The smallest absolute Gasteiger partial charge is 0.322 e. The summed E-state index contributed by atoms with van der Waals surface area (Å²) in [5, 5.41) is 3.00. The Labute approximate surface area is 157 Å². The summed E-state index contributed by atoms with van der Waals surface area (Å²) in [6.45, 7) is 2.64. The highest BCUT2D eigenvalue weighted by Crippen LogP contribution is 2.31. The van der Waals surface area contributed by atoms with E-state index >= 15 is 0 Å². The van der Waals surface area contributed by atoms with Gasteiger partial charge in [0.15, 0.2) is 0 Å². The number of amides is 3. The number of carbonyl (C=O) groups is 2. The Morgan fingerprint density at radius 3 is 2.65 bits per heavy atom. The molecule has 1 saturated carbocycles. The zero-order valence-electron chi connectivity index (χ0n) is 14.8. The normalized spacial score (nSPS) is 13.3.